The highest BCUT2D eigenvalue weighted by molar-refractivity contribution is 7.89. The van der Waals surface area contributed by atoms with Crippen LogP contribution in [0.4, 0.5) is 5.69 Å². The van der Waals surface area contributed by atoms with Crippen LogP contribution in [0.3, 0.4) is 0 Å². The van der Waals surface area contributed by atoms with Gasteiger partial charge in [-0.2, -0.15) is 0 Å². The minimum atomic E-state index is -3.54. The maximum atomic E-state index is 12.2. The van der Waals surface area contributed by atoms with E-state index in [0.29, 0.717) is 11.4 Å². The highest BCUT2D eigenvalue weighted by Crippen LogP contribution is 2.29. The molecule has 1 fully saturated rings. The first-order valence-electron chi connectivity index (χ1n) is 6.98. The number of likely N-dealkylation sites (N-methyl/N-ethyl adjacent to an activating group) is 1. The third-order valence-electron chi connectivity index (χ3n) is 3.31. The lowest BCUT2D eigenvalue weighted by molar-refractivity contribution is -0.126. The van der Waals surface area contributed by atoms with Crippen LogP contribution in [-0.2, 0) is 14.8 Å². The molecule has 0 unspecified atom stereocenters. The van der Waals surface area contributed by atoms with Crippen molar-refractivity contribution in [1.29, 1.82) is 0 Å². The molecular formula is C14H21N3O4S. The van der Waals surface area contributed by atoms with Gasteiger partial charge in [0.15, 0.2) is 0 Å². The molecule has 1 aliphatic rings. The van der Waals surface area contributed by atoms with Crippen LogP contribution in [0.5, 0.6) is 5.75 Å². The van der Waals surface area contributed by atoms with Gasteiger partial charge in [0.2, 0.25) is 15.9 Å². The summed E-state index contributed by atoms with van der Waals surface area (Å²) in [6.07, 6.45) is 1.75. The molecule has 1 aromatic carbocycles. The molecule has 1 aliphatic carbocycles. The maximum Gasteiger partial charge on any atom is 0.241 e. The number of nitrogens with one attached hydrogen (secondary N) is 2. The first-order chi connectivity index (χ1) is 10.3. The smallest absolute Gasteiger partial charge is 0.241 e. The molecule has 2 rings (SSSR count). The summed E-state index contributed by atoms with van der Waals surface area (Å²) < 4.78 is 32.3. The summed E-state index contributed by atoms with van der Waals surface area (Å²) >= 11 is 0. The van der Waals surface area contributed by atoms with Gasteiger partial charge in [-0.1, -0.05) is 0 Å². The van der Waals surface area contributed by atoms with E-state index in [1.807, 2.05) is 0 Å². The molecule has 0 aromatic heterocycles. The van der Waals surface area contributed by atoms with E-state index in [4.69, 9.17) is 4.74 Å². The molecule has 0 atom stereocenters. The van der Waals surface area contributed by atoms with E-state index in [-0.39, 0.29) is 23.4 Å². The van der Waals surface area contributed by atoms with Gasteiger partial charge < -0.3 is 15.0 Å². The molecule has 22 heavy (non-hydrogen) atoms. The van der Waals surface area contributed by atoms with Gasteiger partial charge in [0.05, 0.1) is 24.2 Å². The molecule has 1 amide bonds. The summed E-state index contributed by atoms with van der Waals surface area (Å²) in [4.78, 5) is 13.2. The number of carbonyl (C=O) groups excluding carboxylic acids is 1. The van der Waals surface area contributed by atoms with E-state index in [2.05, 4.69) is 10.0 Å². The van der Waals surface area contributed by atoms with Crippen molar-refractivity contribution in [1.82, 2.24) is 9.62 Å². The van der Waals surface area contributed by atoms with Crippen molar-refractivity contribution in [2.24, 2.45) is 0 Å². The van der Waals surface area contributed by atoms with Crippen LogP contribution in [-0.4, -0.2) is 53.0 Å². The van der Waals surface area contributed by atoms with Gasteiger partial charge in [0, 0.05) is 20.1 Å². The lowest BCUT2D eigenvalue weighted by atomic mass is 10.3. The van der Waals surface area contributed by atoms with Crippen LogP contribution in [0, 0.1) is 0 Å². The van der Waals surface area contributed by atoms with Crippen molar-refractivity contribution in [3.8, 4) is 5.75 Å². The predicted octanol–water partition coefficient (Wildman–Crippen LogP) is 0.636. The van der Waals surface area contributed by atoms with Gasteiger partial charge in [-0.3, -0.25) is 4.79 Å². The number of hydrogen-bond acceptors (Lipinski definition) is 5. The third-order valence-corrected chi connectivity index (χ3v) is 4.83. The highest BCUT2D eigenvalue weighted by atomic mass is 32.2. The summed E-state index contributed by atoms with van der Waals surface area (Å²) in [5.74, 6) is 0.364. The number of anilines is 1. The highest BCUT2D eigenvalue weighted by Gasteiger charge is 2.28. The number of rotatable bonds is 7. The van der Waals surface area contributed by atoms with Crippen molar-refractivity contribution in [2.45, 2.75) is 23.8 Å². The molecule has 0 heterocycles. The molecular weight excluding hydrogens is 306 g/mol. The minimum absolute atomic E-state index is 0.0406. The molecule has 2 N–H and O–H groups in total. The van der Waals surface area contributed by atoms with Crippen LogP contribution in [0.1, 0.15) is 12.8 Å². The molecule has 1 saturated carbocycles. The fraction of sp³-hybridized carbons (Fsp3) is 0.500. The number of sulfonamides is 1. The van der Waals surface area contributed by atoms with Gasteiger partial charge in [-0.05, 0) is 31.0 Å². The topological polar surface area (TPSA) is 87.7 Å². The summed E-state index contributed by atoms with van der Waals surface area (Å²) in [5, 5.41) is 2.92. The lowest BCUT2D eigenvalue weighted by Gasteiger charge is -2.15. The molecule has 122 valence electrons. The average Bonchev–Trinajstić information content (AvgIpc) is 3.27. The van der Waals surface area contributed by atoms with Crippen LogP contribution >= 0.6 is 0 Å². The van der Waals surface area contributed by atoms with Crippen molar-refractivity contribution < 1.29 is 17.9 Å². The Morgan fingerprint density at radius 1 is 1.36 bits per heavy atom. The zero-order valence-electron chi connectivity index (χ0n) is 12.9. The van der Waals surface area contributed by atoms with Crippen LogP contribution in [0.25, 0.3) is 0 Å². The number of methoxy groups -OCH3 is 1. The number of ether oxygens (including phenoxy) is 1. The zero-order chi connectivity index (χ0) is 16.3. The van der Waals surface area contributed by atoms with Crippen molar-refractivity contribution in [3.63, 3.8) is 0 Å². The molecule has 0 bridgehead atoms. The van der Waals surface area contributed by atoms with Gasteiger partial charge in [-0.15, -0.1) is 0 Å². The van der Waals surface area contributed by atoms with Gasteiger partial charge in [0.25, 0.3) is 0 Å². The Bertz CT molecular complexity index is 654. The lowest BCUT2D eigenvalue weighted by Crippen LogP contribution is -2.29. The van der Waals surface area contributed by atoms with E-state index < -0.39 is 10.0 Å². The van der Waals surface area contributed by atoms with Crippen molar-refractivity contribution >= 4 is 21.6 Å². The number of benzene rings is 1. The fourth-order valence-corrected chi connectivity index (χ4v) is 3.14. The number of amides is 1. The summed E-state index contributed by atoms with van der Waals surface area (Å²) in [7, 11) is 1.26. The standard InChI is InChI=1S/C14H21N3O4S/c1-17(2)14(18)9-15-12-8-11(6-7-13(12)21-3)22(19,20)16-10-4-5-10/h6-8,10,15-16H,4-5,9H2,1-3H3. The molecule has 0 radical (unpaired) electrons. The van der Waals surface area contributed by atoms with Crippen molar-refractivity contribution in [2.75, 3.05) is 33.1 Å². The van der Waals surface area contributed by atoms with E-state index in [1.165, 1.54) is 24.1 Å². The fourth-order valence-electron chi connectivity index (χ4n) is 1.81. The van der Waals surface area contributed by atoms with Crippen LogP contribution in [0.2, 0.25) is 0 Å². The Kier molecular flexibility index (Phi) is 4.92. The van der Waals surface area contributed by atoms with E-state index in [1.54, 1.807) is 20.2 Å². The second-order valence-electron chi connectivity index (χ2n) is 5.40. The van der Waals surface area contributed by atoms with Gasteiger partial charge in [-0.25, -0.2) is 13.1 Å². The SMILES string of the molecule is COc1ccc(S(=O)(=O)NC2CC2)cc1NCC(=O)N(C)C. The normalized spacial score (nSPS) is 14.5. The Hall–Kier alpha value is -1.80. The zero-order valence-corrected chi connectivity index (χ0v) is 13.7. The molecule has 0 spiro atoms. The molecule has 1 aromatic rings. The van der Waals surface area contributed by atoms with Gasteiger partial charge in [0.1, 0.15) is 5.75 Å². The monoisotopic (exact) mass is 327 g/mol. The van der Waals surface area contributed by atoms with Crippen molar-refractivity contribution in [3.05, 3.63) is 18.2 Å². The van der Waals surface area contributed by atoms with Crippen LogP contribution < -0.4 is 14.8 Å². The predicted molar refractivity (Wildman–Crippen MR) is 83.5 cm³/mol. The first-order valence-corrected chi connectivity index (χ1v) is 8.46. The second-order valence-corrected chi connectivity index (χ2v) is 7.11. The third kappa shape index (κ3) is 4.11. The number of nitrogens with zero attached hydrogens (tertiary/aromatic N) is 1. The molecule has 8 heteroatoms. The Labute approximate surface area is 130 Å². The molecule has 0 aliphatic heterocycles. The molecule has 7 nitrogen and oxygen atoms in total. The number of carbonyl (C=O) groups is 1. The maximum absolute atomic E-state index is 12.2. The second kappa shape index (κ2) is 6.53. The Morgan fingerprint density at radius 2 is 2.05 bits per heavy atom. The summed E-state index contributed by atoms with van der Waals surface area (Å²) in [5.41, 5.74) is 0.469. The van der Waals surface area contributed by atoms with E-state index in [0.717, 1.165) is 12.8 Å². The Morgan fingerprint density at radius 3 is 2.59 bits per heavy atom. The Balaban J connectivity index is 2.20. The van der Waals surface area contributed by atoms with E-state index in [9.17, 15) is 13.2 Å². The summed E-state index contributed by atoms with van der Waals surface area (Å²) in [6.45, 7) is 0.0584. The van der Waals surface area contributed by atoms with Gasteiger partial charge >= 0.3 is 0 Å². The quantitative estimate of drug-likeness (QED) is 0.767. The summed E-state index contributed by atoms with van der Waals surface area (Å²) in [6, 6.07) is 4.58. The van der Waals surface area contributed by atoms with E-state index >= 15 is 0 Å². The first kappa shape index (κ1) is 16.6. The average molecular weight is 327 g/mol. The minimum Gasteiger partial charge on any atom is -0.495 e. The van der Waals surface area contributed by atoms with Crippen LogP contribution in [0.15, 0.2) is 23.1 Å². The largest absolute Gasteiger partial charge is 0.495 e. The molecule has 0 saturated heterocycles. The number of hydrogen-bond donors (Lipinski definition) is 2.